The normalized spacial score (nSPS) is 14.0. The number of hydrogen-bond acceptors (Lipinski definition) is 5. The summed E-state index contributed by atoms with van der Waals surface area (Å²) in [6.45, 7) is 5.10. The van der Waals surface area contributed by atoms with Crippen LogP contribution in [0.3, 0.4) is 0 Å². The van der Waals surface area contributed by atoms with E-state index in [1.807, 2.05) is 36.1 Å². The lowest BCUT2D eigenvalue weighted by Crippen LogP contribution is -2.46. The summed E-state index contributed by atoms with van der Waals surface area (Å²) in [7, 11) is 0. The molecule has 1 saturated heterocycles. The van der Waals surface area contributed by atoms with Gasteiger partial charge in [0.25, 0.3) is 5.91 Å². The maximum atomic E-state index is 12.5. The molecule has 0 radical (unpaired) electrons. The first kappa shape index (κ1) is 23.3. The van der Waals surface area contributed by atoms with Crippen molar-refractivity contribution in [3.8, 4) is 11.5 Å². The van der Waals surface area contributed by atoms with Crippen molar-refractivity contribution < 1.29 is 23.9 Å². The second-order valence-electron chi connectivity index (χ2n) is 8.02. The summed E-state index contributed by atoms with van der Waals surface area (Å²) >= 11 is 0. The zero-order chi connectivity index (χ0) is 22.9. The summed E-state index contributed by atoms with van der Waals surface area (Å²) in [5.74, 6) is 0.643. The summed E-state index contributed by atoms with van der Waals surface area (Å²) in [6, 6.07) is 14.4. The molecule has 2 aromatic rings. The zero-order valence-corrected chi connectivity index (χ0v) is 18.6. The smallest absolute Gasteiger partial charge is 0.308 e. The molecule has 2 amide bonds. The Morgan fingerprint density at radius 1 is 1.03 bits per heavy atom. The van der Waals surface area contributed by atoms with Gasteiger partial charge in [-0.05, 0) is 56.5 Å². The Morgan fingerprint density at radius 3 is 2.44 bits per heavy atom. The molecule has 0 bridgehead atoms. The van der Waals surface area contributed by atoms with E-state index in [0.29, 0.717) is 56.7 Å². The van der Waals surface area contributed by atoms with E-state index < -0.39 is 5.97 Å². The van der Waals surface area contributed by atoms with Crippen LogP contribution in [0.1, 0.15) is 48.5 Å². The lowest BCUT2D eigenvalue weighted by molar-refractivity contribution is -0.133. The molecule has 0 aromatic heterocycles. The third-order valence-corrected chi connectivity index (χ3v) is 5.37. The van der Waals surface area contributed by atoms with E-state index >= 15 is 0 Å². The monoisotopic (exact) mass is 438 g/mol. The molecule has 0 atom stereocenters. The highest BCUT2D eigenvalue weighted by Crippen LogP contribution is 2.17. The van der Waals surface area contributed by atoms with Crippen molar-refractivity contribution in [2.75, 3.05) is 19.7 Å². The molecule has 32 heavy (non-hydrogen) atoms. The lowest BCUT2D eigenvalue weighted by Gasteiger charge is -2.32. The molecule has 1 heterocycles. The average molecular weight is 439 g/mol. The largest absolute Gasteiger partial charge is 0.494 e. The average Bonchev–Trinajstić information content (AvgIpc) is 2.78. The van der Waals surface area contributed by atoms with E-state index in [1.54, 1.807) is 24.3 Å². The van der Waals surface area contributed by atoms with Crippen LogP contribution < -0.4 is 14.8 Å². The van der Waals surface area contributed by atoms with E-state index in [0.717, 1.165) is 5.75 Å². The standard InChI is InChI=1S/C25H30N2O5/c1-18-8-10-22(11-9-18)31-16-4-7-24(29)27-14-12-21(13-15-27)26-25(30)20-5-3-6-23(17-20)32-19(2)28/h3,5-6,8-11,17,21H,4,7,12-16H2,1-2H3,(H,26,30). The van der Waals surface area contributed by atoms with Crippen molar-refractivity contribution in [2.24, 2.45) is 0 Å². The second-order valence-corrected chi connectivity index (χ2v) is 8.02. The third kappa shape index (κ3) is 7.11. The highest BCUT2D eigenvalue weighted by atomic mass is 16.5. The number of carbonyl (C=O) groups is 3. The molecule has 1 N–H and O–H groups in total. The maximum Gasteiger partial charge on any atom is 0.308 e. The second kappa shape index (κ2) is 11.3. The Bertz CT molecular complexity index is 934. The quantitative estimate of drug-likeness (QED) is 0.387. The maximum absolute atomic E-state index is 12.5. The number of nitrogens with one attached hydrogen (secondary N) is 1. The predicted molar refractivity (Wildman–Crippen MR) is 121 cm³/mol. The Balaban J connectivity index is 1.37. The van der Waals surface area contributed by atoms with Crippen molar-refractivity contribution in [1.29, 1.82) is 0 Å². The number of hydrogen-bond donors (Lipinski definition) is 1. The van der Waals surface area contributed by atoms with Gasteiger partial charge in [0, 0.05) is 38.0 Å². The first-order valence-corrected chi connectivity index (χ1v) is 11.0. The lowest BCUT2D eigenvalue weighted by atomic mass is 10.0. The van der Waals surface area contributed by atoms with Crippen LogP contribution in [0.4, 0.5) is 0 Å². The molecule has 1 fully saturated rings. The van der Waals surface area contributed by atoms with Crippen LogP contribution in [0.25, 0.3) is 0 Å². The number of amides is 2. The Labute approximate surface area is 188 Å². The molecule has 7 nitrogen and oxygen atoms in total. The fraction of sp³-hybridized carbons (Fsp3) is 0.400. The summed E-state index contributed by atoms with van der Waals surface area (Å²) < 4.78 is 10.7. The molecule has 0 spiro atoms. The van der Waals surface area contributed by atoms with Crippen molar-refractivity contribution in [3.05, 3.63) is 59.7 Å². The topological polar surface area (TPSA) is 84.9 Å². The molecule has 170 valence electrons. The Kier molecular flexibility index (Phi) is 8.25. The molecule has 0 unspecified atom stereocenters. The summed E-state index contributed by atoms with van der Waals surface area (Å²) in [4.78, 5) is 38.0. The minimum absolute atomic E-state index is 0.00815. The van der Waals surface area contributed by atoms with Gasteiger partial charge < -0.3 is 19.7 Å². The van der Waals surface area contributed by atoms with Crippen molar-refractivity contribution >= 4 is 17.8 Å². The van der Waals surface area contributed by atoms with Gasteiger partial charge >= 0.3 is 5.97 Å². The van der Waals surface area contributed by atoms with Gasteiger partial charge in [-0.15, -0.1) is 0 Å². The van der Waals surface area contributed by atoms with E-state index in [2.05, 4.69) is 5.32 Å². The van der Waals surface area contributed by atoms with Crippen LogP contribution in [-0.2, 0) is 9.59 Å². The van der Waals surface area contributed by atoms with Crippen LogP contribution in [-0.4, -0.2) is 48.4 Å². The highest BCUT2D eigenvalue weighted by Gasteiger charge is 2.24. The molecule has 0 aliphatic carbocycles. The number of likely N-dealkylation sites (tertiary alicyclic amines) is 1. The van der Waals surface area contributed by atoms with Gasteiger partial charge in [-0.2, -0.15) is 0 Å². The fourth-order valence-corrected chi connectivity index (χ4v) is 3.61. The minimum atomic E-state index is -0.429. The molecule has 3 rings (SSSR count). The molecule has 7 heteroatoms. The molecular weight excluding hydrogens is 408 g/mol. The van der Waals surface area contributed by atoms with Crippen LogP contribution in [0.5, 0.6) is 11.5 Å². The molecule has 2 aromatic carbocycles. The van der Waals surface area contributed by atoms with Gasteiger partial charge in [0.2, 0.25) is 5.91 Å². The van der Waals surface area contributed by atoms with Crippen molar-refractivity contribution in [1.82, 2.24) is 10.2 Å². The van der Waals surface area contributed by atoms with Gasteiger partial charge in [-0.25, -0.2) is 0 Å². The van der Waals surface area contributed by atoms with E-state index in [-0.39, 0.29) is 17.9 Å². The number of ether oxygens (including phenoxy) is 2. The van der Waals surface area contributed by atoms with E-state index in [9.17, 15) is 14.4 Å². The first-order chi connectivity index (χ1) is 15.4. The van der Waals surface area contributed by atoms with Crippen LogP contribution >= 0.6 is 0 Å². The fourth-order valence-electron chi connectivity index (χ4n) is 3.61. The van der Waals surface area contributed by atoms with Crippen molar-refractivity contribution in [2.45, 2.75) is 45.6 Å². The number of benzene rings is 2. The number of rotatable bonds is 8. The highest BCUT2D eigenvalue weighted by molar-refractivity contribution is 5.95. The van der Waals surface area contributed by atoms with Crippen LogP contribution in [0.15, 0.2) is 48.5 Å². The summed E-state index contributed by atoms with van der Waals surface area (Å²) in [6.07, 6.45) is 2.54. The van der Waals surface area contributed by atoms with Crippen LogP contribution in [0, 0.1) is 6.92 Å². The number of carbonyl (C=O) groups excluding carboxylic acids is 3. The number of esters is 1. The SMILES string of the molecule is CC(=O)Oc1cccc(C(=O)NC2CCN(C(=O)CCCOc3ccc(C)cc3)CC2)c1. The molecular formula is C25H30N2O5. The Hall–Kier alpha value is -3.35. The van der Waals surface area contributed by atoms with E-state index in [1.165, 1.54) is 12.5 Å². The molecule has 0 saturated carbocycles. The number of nitrogens with zero attached hydrogens (tertiary/aromatic N) is 1. The first-order valence-electron chi connectivity index (χ1n) is 11.0. The number of aryl methyl sites for hydroxylation is 1. The van der Waals surface area contributed by atoms with Crippen molar-refractivity contribution in [3.63, 3.8) is 0 Å². The summed E-state index contributed by atoms with van der Waals surface area (Å²) in [5, 5.41) is 3.01. The van der Waals surface area contributed by atoms with Gasteiger partial charge in [0.1, 0.15) is 11.5 Å². The Morgan fingerprint density at radius 2 is 1.75 bits per heavy atom. The number of piperidine rings is 1. The minimum Gasteiger partial charge on any atom is -0.494 e. The predicted octanol–water partition coefficient (Wildman–Crippen LogP) is 3.50. The zero-order valence-electron chi connectivity index (χ0n) is 18.6. The van der Waals surface area contributed by atoms with Gasteiger partial charge in [-0.1, -0.05) is 23.8 Å². The molecule has 1 aliphatic heterocycles. The summed E-state index contributed by atoms with van der Waals surface area (Å²) in [5.41, 5.74) is 1.62. The molecule has 1 aliphatic rings. The third-order valence-electron chi connectivity index (χ3n) is 5.37. The van der Waals surface area contributed by atoms with Gasteiger partial charge in [0.15, 0.2) is 0 Å². The van der Waals surface area contributed by atoms with Gasteiger partial charge in [0.05, 0.1) is 6.61 Å². The van der Waals surface area contributed by atoms with Gasteiger partial charge in [-0.3, -0.25) is 14.4 Å². The van der Waals surface area contributed by atoms with Crippen LogP contribution in [0.2, 0.25) is 0 Å². The van der Waals surface area contributed by atoms with E-state index in [4.69, 9.17) is 9.47 Å².